The Bertz CT molecular complexity index is 1140. The number of benzene rings is 2. The van der Waals surface area contributed by atoms with Gasteiger partial charge in [0, 0.05) is 12.1 Å². The fraction of sp³-hybridized carbons (Fsp3) is 0.158. The molecule has 1 heterocycles. The van der Waals surface area contributed by atoms with Gasteiger partial charge in [-0.1, -0.05) is 12.1 Å². The van der Waals surface area contributed by atoms with Crippen molar-refractivity contribution in [3.63, 3.8) is 0 Å². The van der Waals surface area contributed by atoms with Crippen molar-refractivity contribution in [3.8, 4) is 0 Å². The second kappa shape index (κ2) is 8.44. The van der Waals surface area contributed by atoms with Crippen molar-refractivity contribution in [2.24, 2.45) is 0 Å². The maximum atomic E-state index is 12.6. The van der Waals surface area contributed by atoms with Gasteiger partial charge in [0.05, 0.1) is 21.7 Å². The maximum Gasteiger partial charge on any atom is 0.416 e. The number of carbonyl (C=O) groups excluding carboxylic acids is 1. The topological polar surface area (TPSA) is 88.2 Å². The first-order chi connectivity index (χ1) is 14.0. The molecule has 0 aliphatic carbocycles. The van der Waals surface area contributed by atoms with Crippen LogP contribution in [0.2, 0.25) is 0 Å². The Morgan fingerprint density at radius 1 is 1.07 bits per heavy atom. The monoisotopic (exact) mass is 455 g/mol. The molecule has 0 spiro atoms. The third-order valence-corrected chi connectivity index (χ3v) is 6.36. The second-order valence-electron chi connectivity index (χ2n) is 6.25. The van der Waals surface area contributed by atoms with E-state index in [-0.39, 0.29) is 17.0 Å². The van der Waals surface area contributed by atoms with Gasteiger partial charge in [0.15, 0.2) is 0 Å². The molecule has 3 rings (SSSR count). The molecule has 0 bridgehead atoms. The van der Waals surface area contributed by atoms with Crippen LogP contribution in [0.15, 0.2) is 59.6 Å². The molecule has 1 amide bonds. The third-order valence-electron chi connectivity index (χ3n) is 4.02. The van der Waals surface area contributed by atoms with Crippen LogP contribution in [0.25, 0.3) is 0 Å². The van der Waals surface area contributed by atoms with E-state index in [1.807, 2.05) is 0 Å². The van der Waals surface area contributed by atoms with E-state index >= 15 is 0 Å². The minimum Gasteiger partial charge on any atom is -0.348 e. The summed E-state index contributed by atoms with van der Waals surface area (Å²) in [5.41, 5.74) is -0.0504. The molecular weight excluding hydrogens is 439 g/mol. The summed E-state index contributed by atoms with van der Waals surface area (Å²) in [4.78, 5) is 16.2. The number of nitrogens with one attached hydrogen (secondary N) is 2. The Labute approximate surface area is 174 Å². The average Bonchev–Trinajstić information content (AvgIpc) is 3.09. The number of halogens is 3. The lowest BCUT2D eigenvalue weighted by Gasteiger charge is -2.09. The number of alkyl halides is 3. The lowest BCUT2D eigenvalue weighted by molar-refractivity contribution is -0.137. The number of aromatic nitrogens is 1. The van der Waals surface area contributed by atoms with Gasteiger partial charge < -0.3 is 5.32 Å². The van der Waals surface area contributed by atoms with Crippen LogP contribution in [-0.2, 0) is 22.7 Å². The third kappa shape index (κ3) is 5.36. The number of nitrogens with zero attached hydrogens (tertiary/aromatic N) is 1. The molecule has 0 radical (unpaired) electrons. The summed E-state index contributed by atoms with van der Waals surface area (Å²) < 4.78 is 64.9. The molecule has 2 N–H and O–H groups in total. The zero-order valence-corrected chi connectivity index (χ0v) is 17.2. The first-order valence-corrected chi connectivity index (χ1v) is 10.8. The van der Waals surface area contributed by atoms with Gasteiger partial charge in [-0.3, -0.25) is 9.52 Å². The summed E-state index contributed by atoms with van der Waals surface area (Å²) in [6, 6.07) is 9.75. The number of hydrogen-bond donors (Lipinski definition) is 2. The summed E-state index contributed by atoms with van der Waals surface area (Å²) in [5, 5.41) is 3.68. The van der Waals surface area contributed by atoms with Crippen LogP contribution in [0.1, 0.15) is 26.5 Å². The Morgan fingerprint density at radius 2 is 1.70 bits per heavy atom. The fourth-order valence-corrected chi connectivity index (χ4v) is 4.44. The number of thiazole rings is 1. The zero-order valence-electron chi connectivity index (χ0n) is 15.5. The minimum atomic E-state index is -4.42. The first-order valence-electron chi connectivity index (χ1n) is 8.54. The molecule has 11 heteroatoms. The molecule has 3 aromatic rings. The average molecular weight is 455 g/mol. The van der Waals surface area contributed by atoms with E-state index in [2.05, 4.69) is 15.0 Å². The summed E-state index contributed by atoms with van der Waals surface area (Å²) in [5.74, 6) is -0.482. The van der Waals surface area contributed by atoms with Gasteiger partial charge in [-0.2, -0.15) is 13.2 Å². The summed E-state index contributed by atoms with van der Waals surface area (Å²) in [7, 11) is -3.82. The van der Waals surface area contributed by atoms with Crippen LogP contribution in [0.4, 0.5) is 18.2 Å². The van der Waals surface area contributed by atoms with Gasteiger partial charge in [-0.25, -0.2) is 13.4 Å². The van der Waals surface area contributed by atoms with Gasteiger partial charge in [0.1, 0.15) is 5.00 Å². The van der Waals surface area contributed by atoms with Crippen molar-refractivity contribution < 1.29 is 26.4 Å². The Hall–Kier alpha value is -2.92. The summed E-state index contributed by atoms with van der Waals surface area (Å²) >= 11 is 1.20. The van der Waals surface area contributed by atoms with Gasteiger partial charge in [0.25, 0.3) is 15.9 Å². The highest BCUT2D eigenvalue weighted by molar-refractivity contribution is 7.93. The molecule has 0 aliphatic rings. The van der Waals surface area contributed by atoms with Crippen molar-refractivity contribution in [1.29, 1.82) is 0 Å². The van der Waals surface area contributed by atoms with Crippen molar-refractivity contribution in [2.75, 3.05) is 4.72 Å². The van der Waals surface area contributed by atoms with Gasteiger partial charge in [0.2, 0.25) is 0 Å². The number of rotatable bonds is 6. The molecule has 0 saturated carbocycles. The van der Waals surface area contributed by atoms with Crippen molar-refractivity contribution in [1.82, 2.24) is 10.3 Å². The number of sulfonamides is 1. The number of amides is 1. The van der Waals surface area contributed by atoms with Crippen LogP contribution in [-0.4, -0.2) is 19.3 Å². The van der Waals surface area contributed by atoms with E-state index in [0.717, 1.165) is 12.1 Å². The van der Waals surface area contributed by atoms with E-state index in [4.69, 9.17) is 0 Å². The normalized spacial score (nSPS) is 11.9. The maximum absolute atomic E-state index is 12.6. The second-order valence-corrected chi connectivity index (χ2v) is 9.17. The van der Waals surface area contributed by atoms with Gasteiger partial charge in [-0.15, -0.1) is 11.3 Å². The van der Waals surface area contributed by atoms with E-state index in [9.17, 15) is 26.4 Å². The van der Waals surface area contributed by atoms with Crippen LogP contribution in [0.5, 0.6) is 0 Å². The Morgan fingerprint density at radius 3 is 2.23 bits per heavy atom. The molecule has 0 fully saturated rings. The molecule has 6 nitrogen and oxygen atoms in total. The fourth-order valence-electron chi connectivity index (χ4n) is 2.48. The lowest BCUT2D eigenvalue weighted by Crippen LogP contribution is -2.23. The lowest BCUT2D eigenvalue weighted by atomic mass is 10.1. The first kappa shape index (κ1) is 21.8. The highest BCUT2D eigenvalue weighted by Crippen LogP contribution is 2.29. The molecule has 0 unspecified atom stereocenters. The minimum absolute atomic E-state index is 0.0205. The number of aryl methyl sites for hydroxylation is 1. The van der Waals surface area contributed by atoms with Crippen molar-refractivity contribution in [3.05, 3.63) is 76.4 Å². The standard InChI is InChI=1S/C19H16F3N3O3S2/c1-12-23-11-17(29-12)25-30(27,28)16-8-4-14(5-9-16)18(26)24-10-13-2-6-15(7-3-13)19(20,21)22/h2-9,11,25H,10H2,1H3,(H,24,26). The number of anilines is 1. The molecular formula is C19H16F3N3O3S2. The van der Waals surface area contributed by atoms with E-state index in [0.29, 0.717) is 15.6 Å². The molecule has 2 aromatic carbocycles. The van der Waals surface area contributed by atoms with Crippen LogP contribution < -0.4 is 10.0 Å². The summed E-state index contributed by atoms with van der Waals surface area (Å²) in [6.07, 6.45) is -3.00. The quantitative estimate of drug-likeness (QED) is 0.583. The molecule has 1 aromatic heterocycles. The van der Waals surface area contributed by atoms with Crippen molar-refractivity contribution >= 4 is 32.3 Å². The summed E-state index contributed by atoms with van der Waals surface area (Å²) in [6.45, 7) is 1.78. The van der Waals surface area contributed by atoms with E-state index in [1.54, 1.807) is 6.92 Å². The molecule has 0 atom stereocenters. The SMILES string of the molecule is Cc1ncc(NS(=O)(=O)c2ccc(C(=O)NCc3ccc(C(F)(F)F)cc3)cc2)s1. The molecule has 0 saturated heterocycles. The van der Waals surface area contributed by atoms with Gasteiger partial charge in [-0.05, 0) is 48.9 Å². The van der Waals surface area contributed by atoms with Crippen molar-refractivity contribution in [2.45, 2.75) is 24.5 Å². The molecule has 158 valence electrons. The van der Waals surface area contributed by atoms with Gasteiger partial charge >= 0.3 is 6.18 Å². The van der Waals surface area contributed by atoms with E-state index in [1.165, 1.54) is 53.9 Å². The predicted molar refractivity (Wildman–Crippen MR) is 107 cm³/mol. The predicted octanol–water partition coefficient (Wildman–Crippen LogP) is 4.20. The largest absolute Gasteiger partial charge is 0.416 e. The highest BCUT2D eigenvalue weighted by atomic mass is 32.2. The van der Waals surface area contributed by atoms with E-state index < -0.39 is 27.7 Å². The Kier molecular flexibility index (Phi) is 6.13. The molecule has 0 aliphatic heterocycles. The number of hydrogen-bond acceptors (Lipinski definition) is 5. The Balaban J connectivity index is 1.62. The van der Waals surface area contributed by atoms with Crippen LogP contribution in [0.3, 0.4) is 0 Å². The molecule has 30 heavy (non-hydrogen) atoms. The number of carbonyl (C=O) groups is 1. The highest BCUT2D eigenvalue weighted by Gasteiger charge is 2.29. The van der Waals surface area contributed by atoms with Crippen LogP contribution in [0, 0.1) is 6.92 Å². The van der Waals surface area contributed by atoms with Crippen LogP contribution >= 0.6 is 11.3 Å². The zero-order chi connectivity index (χ0) is 21.9. The smallest absolute Gasteiger partial charge is 0.348 e.